The van der Waals surface area contributed by atoms with Gasteiger partial charge in [-0.25, -0.2) is 0 Å². The second kappa shape index (κ2) is 20.1. The number of allylic oxidation sites excluding steroid dienone is 1. The molecule has 1 aromatic rings. The van der Waals surface area contributed by atoms with Crippen LogP contribution in [0.1, 0.15) is 56.6 Å². The number of esters is 1. The van der Waals surface area contributed by atoms with Crippen LogP contribution >= 0.6 is 15.9 Å². The second-order valence-corrected chi connectivity index (χ2v) is 15.8. The van der Waals surface area contributed by atoms with E-state index in [2.05, 4.69) is 39.3 Å². The van der Waals surface area contributed by atoms with E-state index in [0.717, 1.165) is 25.9 Å². The van der Waals surface area contributed by atoms with E-state index in [1.807, 2.05) is 30.3 Å². The lowest BCUT2D eigenvalue weighted by molar-refractivity contribution is -0.163. The molecule has 4 saturated heterocycles. The first kappa shape index (κ1) is 42.0. The van der Waals surface area contributed by atoms with Crippen LogP contribution in [-0.4, -0.2) is 145 Å². The van der Waals surface area contributed by atoms with E-state index in [-0.39, 0.29) is 42.2 Å². The Morgan fingerprint density at radius 2 is 1.85 bits per heavy atom. The SMILES string of the molecule is C=CCCC(=O)N[C@@H](COC)[C@@H](OC(=O)[C@@H]1[C@H]2O[C@@]3(CC2Br)[C@H](C(=O)N(CC=C)CCN2CCOCC2)N(CCCCCCO)C(=O)[C@@H]13)c1ccccc1. The van der Waals surface area contributed by atoms with Crippen LogP contribution in [0, 0.1) is 11.8 Å². The highest BCUT2D eigenvalue weighted by atomic mass is 79.9. The number of aliphatic hydroxyl groups excluding tert-OH is 1. The van der Waals surface area contributed by atoms with Gasteiger partial charge in [-0.2, -0.15) is 0 Å². The molecule has 0 aliphatic carbocycles. The Bertz CT molecular complexity index is 1450. The molecular weight excluding hydrogens is 760 g/mol. The molecule has 54 heavy (non-hydrogen) atoms. The van der Waals surface area contributed by atoms with E-state index < -0.39 is 47.7 Å². The monoisotopic (exact) mass is 816 g/mol. The van der Waals surface area contributed by atoms with Crippen molar-refractivity contribution in [3.05, 3.63) is 61.2 Å². The molecule has 13 nitrogen and oxygen atoms in total. The molecule has 5 rings (SSSR count). The zero-order valence-corrected chi connectivity index (χ0v) is 33.0. The van der Waals surface area contributed by atoms with Crippen molar-refractivity contribution in [2.24, 2.45) is 11.8 Å². The molecule has 1 aromatic carbocycles. The summed E-state index contributed by atoms with van der Waals surface area (Å²) in [7, 11) is 1.51. The number of unbranched alkanes of at least 4 members (excludes halogenated alkanes) is 3. The number of hydrogen-bond acceptors (Lipinski definition) is 10. The number of halogens is 1. The summed E-state index contributed by atoms with van der Waals surface area (Å²) in [5.41, 5.74) is -0.602. The number of fused-ring (bicyclic) bond motifs is 1. The Hall–Kier alpha value is -3.14. The number of nitrogens with one attached hydrogen (secondary N) is 1. The first-order chi connectivity index (χ1) is 26.2. The third-order valence-electron chi connectivity index (χ3n) is 11.1. The molecule has 3 amide bonds. The highest BCUT2D eigenvalue weighted by Gasteiger charge is 2.77. The first-order valence-corrected chi connectivity index (χ1v) is 20.2. The summed E-state index contributed by atoms with van der Waals surface area (Å²) in [6.07, 6.45) is 5.61. The van der Waals surface area contributed by atoms with Gasteiger partial charge in [0.15, 0.2) is 0 Å². The third kappa shape index (κ3) is 9.44. The van der Waals surface area contributed by atoms with Gasteiger partial charge in [-0.1, -0.05) is 71.3 Å². The molecule has 14 heteroatoms. The molecule has 0 aromatic heterocycles. The molecule has 298 valence electrons. The number of ether oxygens (including phenoxy) is 4. The van der Waals surface area contributed by atoms with Crippen molar-refractivity contribution in [2.45, 2.75) is 79.7 Å². The predicted octanol–water partition coefficient (Wildman–Crippen LogP) is 3.02. The van der Waals surface area contributed by atoms with Gasteiger partial charge in [0.05, 0.1) is 43.8 Å². The van der Waals surface area contributed by atoms with Crippen molar-refractivity contribution in [3.8, 4) is 0 Å². The quantitative estimate of drug-likeness (QED) is 0.0776. The van der Waals surface area contributed by atoms with Crippen LogP contribution in [0.15, 0.2) is 55.6 Å². The average molecular weight is 818 g/mol. The number of likely N-dealkylation sites (tertiary alicyclic amines) is 1. The Labute approximate surface area is 327 Å². The van der Waals surface area contributed by atoms with Gasteiger partial charge in [0.2, 0.25) is 17.7 Å². The number of aliphatic hydroxyl groups is 1. The van der Waals surface area contributed by atoms with E-state index in [4.69, 9.17) is 18.9 Å². The van der Waals surface area contributed by atoms with E-state index in [9.17, 15) is 24.3 Å². The van der Waals surface area contributed by atoms with Crippen molar-refractivity contribution in [1.29, 1.82) is 0 Å². The lowest BCUT2D eigenvalue weighted by Gasteiger charge is -2.38. The lowest BCUT2D eigenvalue weighted by atomic mass is 9.70. The molecule has 4 heterocycles. The van der Waals surface area contributed by atoms with Gasteiger partial charge in [-0.05, 0) is 31.2 Å². The van der Waals surface area contributed by atoms with Crippen molar-refractivity contribution >= 4 is 39.6 Å². The Morgan fingerprint density at radius 3 is 2.54 bits per heavy atom. The van der Waals surface area contributed by atoms with Crippen LogP contribution in [0.5, 0.6) is 0 Å². The number of carbonyl (C=O) groups excluding carboxylic acids is 4. The largest absolute Gasteiger partial charge is 0.455 e. The van der Waals surface area contributed by atoms with Crippen LogP contribution in [-0.2, 0) is 38.1 Å². The minimum Gasteiger partial charge on any atom is -0.455 e. The molecule has 4 aliphatic rings. The number of morpholine rings is 1. The van der Waals surface area contributed by atoms with Crippen molar-refractivity contribution in [3.63, 3.8) is 0 Å². The second-order valence-electron chi connectivity index (χ2n) is 14.6. The Kier molecular flexibility index (Phi) is 15.7. The number of nitrogens with zero attached hydrogens (tertiary/aromatic N) is 3. The molecule has 0 radical (unpaired) electrons. The zero-order valence-electron chi connectivity index (χ0n) is 31.5. The van der Waals surface area contributed by atoms with Gasteiger partial charge in [-0.3, -0.25) is 24.1 Å². The summed E-state index contributed by atoms with van der Waals surface area (Å²) < 4.78 is 24.2. The van der Waals surface area contributed by atoms with Crippen LogP contribution in [0.3, 0.4) is 0 Å². The number of hydrogen-bond donors (Lipinski definition) is 2. The maximum atomic E-state index is 14.8. The fourth-order valence-corrected chi connectivity index (χ4v) is 9.44. The molecule has 2 bridgehead atoms. The normalized spacial score (nSPS) is 27.3. The van der Waals surface area contributed by atoms with E-state index >= 15 is 0 Å². The van der Waals surface area contributed by atoms with Crippen LogP contribution in [0.25, 0.3) is 0 Å². The first-order valence-electron chi connectivity index (χ1n) is 19.3. The van der Waals surface area contributed by atoms with Gasteiger partial charge < -0.3 is 39.2 Å². The summed E-state index contributed by atoms with van der Waals surface area (Å²) >= 11 is 3.77. The fraction of sp³-hybridized carbons (Fsp3) is 0.650. The maximum Gasteiger partial charge on any atom is 0.313 e. The Morgan fingerprint density at radius 1 is 1.11 bits per heavy atom. The maximum absolute atomic E-state index is 14.8. The number of benzene rings is 1. The van der Waals surface area contributed by atoms with Crippen LogP contribution < -0.4 is 5.32 Å². The standard InChI is InChI=1S/C40H57BrN4O9/c1-4-6-16-31(47)42-30(27-51-3)34(28-14-10-9-11-15-28)53-39(50)32-33-37(48)45(18-12-7-8-13-23-46)36(40(33)26-29(41)35(32)54-40)38(49)44(17-5-2)20-19-43-21-24-52-25-22-43/h4-5,9-11,14-15,29-30,32-36,46H,1-2,6-8,12-13,16-27H2,3H3,(H,42,47)/t29?,30-,32-,33+,34-,35-,36-,40+/m0/s1. The summed E-state index contributed by atoms with van der Waals surface area (Å²) in [5.74, 6) is -3.35. The molecule has 1 spiro atoms. The van der Waals surface area contributed by atoms with Crippen molar-refractivity contribution in [1.82, 2.24) is 20.0 Å². The predicted molar refractivity (Wildman–Crippen MR) is 206 cm³/mol. The molecular formula is C40H57BrN4O9. The van der Waals surface area contributed by atoms with Gasteiger partial charge >= 0.3 is 5.97 Å². The molecule has 1 unspecified atom stereocenters. The number of methoxy groups -OCH3 is 1. The number of alkyl halides is 1. The van der Waals surface area contributed by atoms with Crippen LogP contribution in [0.4, 0.5) is 0 Å². The van der Waals surface area contributed by atoms with Crippen molar-refractivity contribution < 1.29 is 43.2 Å². The van der Waals surface area contributed by atoms with E-state index in [1.54, 1.807) is 22.0 Å². The molecule has 4 fully saturated rings. The van der Waals surface area contributed by atoms with Gasteiger partial charge in [0.25, 0.3) is 0 Å². The molecule has 0 saturated carbocycles. The van der Waals surface area contributed by atoms with Gasteiger partial charge in [0.1, 0.15) is 17.7 Å². The molecule has 8 atom stereocenters. The van der Waals surface area contributed by atoms with Gasteiger partial charge in [0, 0.05) is 64.2 Å². The minimum atomic E-state index is -1.26. The minimum absolute atomic E-state index is 0.0643. The lowest BCUT2D eigenvalue weighted by Crippen LogP contribution is -2.57. The van der Waals surface area contributed by atoms with Crippen molar-refractivity contribution in [2.75, 3.05) is 72.8 Å². The smallest absolute Gasteiger partial charge is 0.313 e. The van der Waals surface area contributed by atoms with Crippen LogP contribution in [0.2, 0.25) is 0 Å². The zero-order chi connectivity index (χ0) is 38.7. The highest BCUT2D eigenvalue weighted by Crippen LogP contribution is 2.60. The van der Waals surface area contributed by atoms with E-state index in [1.165, 1.54) is 7.11 Å². The summed E-state index contributed by atoms with van der Waals surface area (Å²) in [6.45, 7) is 12.3. The third-order valence-corrected chi connectivity index (χ3v) is 11.9. The van der Waals surface area contributed by atoms with E-state index in [0.29, 0.717) is 70.6 Å². The summed E-state index contributed by atoms with van der Waals surface area (Å²) in [5, 5.41) is 12.3. The Balaban J connectivity index is 1.45. The summed E-state index contributed by atoms with van der Waals surface area (Å²) in [6, 6.07) is 7.47. The topological polar surface area (TPSA) is 147 Å². The number of amides is 3. The summed E-state index contributed by atoms with van der Waals surface area (Å²) in [4.78, 5) is 62.5. The number of carbonyl (C=O) groups is 4. The highest BCUT2D eigenvalue weighted by molar-refractivity contribution is 9.09. The van der Waals surface area contributed by atoms with Gasteiger partial charge in [-0.15, -0.1) is 13.2 Å². The average Bonchev–Trinajstić information content (AvgIpc) is 3.77. The number of rotatable bonds is 22. The fourth-order valence-electron chi connectivity index (χ4n) is 8.50. The molecule has 4 aliphatic heterocycles. The molecule has 2 N–H and O–H groups in total.